The van der Waals surface area contributed by atoms with Gasteiger partial charge in [-0.15, -0.1) is 0 Å². The van der Waals surface area contributed by atoms with Gasteiger partial charge in [0, 0.05) is 29.8 Å². The quantitative estimate of drug-likeness (QED) is 0.773. The maximum Gasteiger partial charge on any atom is 0.0668 e. The zero-order valence-corrected chi connectivity index (χ0v) is 9.52. The van der Waals surface area contributed by atoms with Crippen molar-refractivity contribution in [1.82, 2.24) is 4.98 Å². The maximum atomic E-state index is 6.17. The lowest BCUT2D eigenvalue weighted by Crippen LogP contribution is -2.19. The van der Waals surface area contributed by atoms with E-state index in [9.17, 15) is 0 Å². The van der Waals surface area contributed by atoms with Crippen molar-refractivity contribution in [2.45, 2.75) is 12.5 Å². The van der Waals surface area contributed by atoms with Crippen LogP contribution in [0.3, 0.4) is 0 Å². The standard InChI is InChI=1S/C13H15N3O/c14-13-11-3-5-15-7-9(11)1-2-12(13)16-10-4-6-17-8-10/h1-3,5,7,10,16H,4,6,8,14H2. The number of nitrogens with zero attached hydrogens (tertiary/aromatic N) is 1. The summed E-state index contributed by atoms with van der Waals surface area (Å²) >= 11 is 0. The van der Waals surface area contributed by atoms with Crippen LogP contribution in [0.4, 0.5) is 11.4 Å². The summed E-state index contributed by atoms with van der Waals surface area (Å²) in [6.45, 7) is 1.59. The highest BCUT2D eigenvalue weighted by Crippen LogP contribution is 2.29. The number of pyridine rings is 1. The van der Waals surface area contributed by atoms with Crippen molar-refractivity contribution in [2.24, 2.45) is 0 Å². The first kappa shape index (κ1) is 10.4. The number of hydrogen-bond donors (Lipinski definition) is 2. The number of nitrogen functional groups attached to an aromatic ring is 1. The minimum atomic E-state index is 0.372. The third-order valence-electron chi connectivity index (χ3n) is 3.15. The summed E-state index contributed by atoms with van der Waals surface area (Å²) in [6.07, 6.45) is 4.63. The highest BCUT2D eigenvalue weighted by Gasteiger charge is 2.16. The lowest BCUT2D eigenvalue weighted by Gasteiger charge is -2.15. The van der Waals surface area contributed by atoms with Crippen LogP contribution >= 0.6 is 0 Å². The number of aromatic nitrogens is 1. The average molecular weight is 229 g/mol. The van der Waals surface area contributed by atoms with E-state index in [0.29, 0.717) is 6.04 Å². The molecule has 88 valence electrons. The second-order valence-electron chi connectivity index (χ2n) is 4.33. The Balaban J connectivity index is 1.96. The van der Waals surface area contributed by atoms with Gasteiger partial charge in [-0.05, 0) is 18.6 Å². The Labute approximate surface area is 99.8 Å². The highest BCUT2D eigenvalue weighted by molar-refractivity contribution is 5.98. The molecule has 3 rings (SSSR count). The summed E-state index contributed by atoms with van der Waals surface area (Å²) in [5.74, 6) is 0. The predicted octanol–water partition coefficient (Wildman–Crippen LogP) is 2.02. The molecule has 1 aliphatic rings. The van der Waals surface area contributed by atoms with Gasteiger partial charge in [0.05, 0.1) is 24.0 Å². The van der Waals surface area contributed by atoms with Crippen molar-refractivity contribution in [3.63, 3.8) is 0 Å². The van der Waals surface area contributed by atoms with E-state index in [1.807, 2.05) is 24.4 Å². The van der Waals surface area contributed by atoms with Gasteiger partial charge in [-0.3, -0.25) is 4.98 Å². The molecule has 1 aromatic carbocycles. The molecule has 0 spiro atoms. The monoisotopic (exact) mass is 229 g/mol. The Morgan fingerprint density at radius 2 is 2.29 bits per heavy atom. The van der Waals surface area contributed by atoms with E-state index < -0.39 is 0 Å². The molecule has 2 aromatic rings. The Bertz CT molecular complexity index is 535. The fourth-order valence-corrected chi connectivity index (χ4v) is 2.19. The van der Waals surface area contributed by atoms with Gasteiger partial charge in [0.1, 0.15) is 0 Å². The first-order valence-electron chi connectivity index (χ1n) is 5.81. The van der Waals surface area contributed by atoms with Gasteiger partial charge in [-0.25, -0.2) is 0 Å². The SMILES string of the molecule is Nc1c(NC2CCOC2)ccc2cnccc12. The minimum Gasteiger partial charge on any atom is -0.397 e. The Morgan fingerprint density at radius 1 is 1.35 bits per heavy atom. The van der Waals surface area contributed by atoms with E-state index >= 15 is 0 Å². The molecule has 2 heterocycles. The smallest absolute Gasteiger partial charge is 0.0668 e. The van der Waals surface area contributed by atoms with Gasteiger partial charge in [0.25, 0.3) is 0 Å². The summed E-state index contributed by atoms with van der Waals surface area (Å²) in [6, 6.07) is 6.37. The van der Waals surface area contributed by atoms with E-state index in [-0.39, 0.29) is 0 Å². The number of rotatable bonds is 2. The minimum absolute atomic E-state index is 0.372. The summed E-state index contributed by atoms with van der Waals surface area (Å²) in [5.41, 5.74) is 7.94. The molecule has 1 aliphatic heterocycles. The van der Waals surface area contributed by atoms with Crippen LogP contribution in [-0.2, 0) is 4.74 Å². The molecule has 0 saturated carbocycles. The van der Waals surface area contributed by atoms with Crippen molar-refractivity contribution in [1.29, 1.82) is 0 Å². The summed E-state index contributed by atoms with van der Waals surface area (Å²) in [7, 11) is 0. The van der Waals surface area contributed by atoms with Gasteiger partial charge in [0.2, 0.25) is 0 Å². The van der Waals surface area contributed by atoms with Gasteiger partial charge in [-0.1, -0.05) is 6.07 Å². The van der Waals surface area contributed by atoms with Crippen LogP contribution in [0.1, 0.15) is 6.42 Å². The fourth-order valence-electron chi connectivity index (χ4n) is 2.19. The molecule has 0 amide bonds. The van der Waals surface area contributed by atoms with Crippen LogP contribution in [0.15, 0.2) is 30.6 Å². The van der Waals surface area contributed by atoms with Crippen LogP contribution in [-0.4, -0.2) is 24.2 Å². The molecule has 3 N–H and O–H groups in total. The number of ether oxygens (including phenoxy) is 1. The molecule has 0 bridgehead atoms. The summed E-state index contributed by atoms with van der Waals surface area (Å²) in [4.78, 5) is 4.09. The number of benzene rings is 1. The van der Waals surface area contributed by atoms with E-state index in [1.54, 1.807) is 6.20 Å². The molecular weight excluding hydrogens is 214 g/mol. The molecule has 1 atom stereocenters. The van der Waals surface area contributed by atoms with Crippen LogP contribution < -0.4 is 11.1 Å². The first-order valence-corrected chi connectivity index (χ1v) is 5.81. The maximum absolute atomic E-state index is 6.17. The normalized spacial score (nSPS) is 19.6. The van der Waals surface area contributed by atoms with Gasteiger partial charge in [-0.2, -0.15) is 0 Å². The molecule has 1 fully saturated rings. The van der Waals surface area contributed by atoms with E-state index in [1.165, 1.54) is 0 Å². The Morgan fingerprint density at radius 3 is 3.12 bits per heavy atom. The zero-order chi connectivity index (χ0) is 11.7. The van der Waals surface area contributed by atoms with Crippen molar-refractivity contribution in [3.05, 3.63) is 30.6 Å². The molecule has 1 saturated heterocycles. The van der Waals surface area contributed by atoms with E-state index in [4.69, 9.17) is 10.5 Å². The zero-order valence-electron chi connectivity index (χ0n) is 9.52. The largest absolute Gasteiger partial charge is 0.397 e. The molecule has 4 nitrogen and oxygen atoms in total. The molecule has 1 aromatic heterocycles. The molecule has 4 heteroatoms. The third kappa shape index (κ3) is 1.91. The third-order valence-corrected chi connectivity index (χ3v) is 3.15. The number of anilines is 2. The van der Waals surface area contributed by atoms with Crippen LogP contribution in [0, 0.1) is 0 Å². The lowest BCUT2D eigenvalue weighted by molar-refractivity contribution is 0.195. The molecule has 0 radical (unpaired) electrons. The van der Waals surface area contributed by atoms with Gasteiger partial charge in [0.15, 0.2) is 0 Å². The van der Waals surface area contributed by atoms with Crippen molar-refractivity contribution >= 4 is 22.1 Å². The van der Waals surface area contributed by atoms with E-state index in [2.05, 4.69) is 10.3 Å². The average Bonchev–Trinajstić information content (AvgIpc) is 2.86. The van der Waals surface area contributed by atoms with Crippen molar-refractivity contribution in [2.75, 3.05) is 24.3 Å². The summed E-state index contributed by atoms with van der Waals surface area (Å²) in [5, 5.41) is 5.54. The van der Waals surface area contributed by atoms with Crippen LogP contribution in [0.25, 0.3) is 10.8 Å². The van der Waals surface area contributed by atoms with E-state index in [0.717, 1.165) is 41.8 Å². The number of nitrogens with one attached hydrogen (secondary N) is 1. The second kappa shape index (κ2) is 4.22. The van der Waals surface area contributed by atoms with Crippen LogP contribution in [0.2, 0.25) is 0 Å². The highest BCUT2D eigenvalue weighted by atomic mass is 16.5. The molecule has 17 heavy (non-hydrogen) atoms. The Hall–Kier alpha value is -1.81. The lowest BCUT2D eigenvalue weighted by atomic mass is 10.1. The number of hydrogen-bond acceptors (Lipinski definition) is 4. The van der Waals surface area contributed by atoms with Crippen LogP contribution in [0.5, 0.6) is 0 Å². The topological polar surface area (TPSA) is 60.2 Å². The molecule has 0 aliphatic carbocycles. The first-order chi connectivity index (χ1) is 8.34. The van der Waals surface area contributed by atoms with Crippen molar-refractivity contribution < 1.29 is 4.74 Å². The number of nitrogens with two attached hydrogens (primary N) is 1. The summed E-state index contributed by atoms with van der Waals surface area (Å²) < 4.78 is 5.34. The second-order valence-corrected chi connectivity index (χ2v) is 4.33. The number of fused-ring (bicyclic) bond motifs is 1. The van der Waals surface area contributed by atoms with Gasteiger partial charge >= 0.3 is 0 Å². The van der Waals surface area contributed by atoms with Gasteiger partial charge < -0.3 is 15.8 Å². The Kier molecular flexibility index (Phi) is 2.57. The fraction of sp³-hybridized carbons (Fsp3) is 0.308. The predicted molar refractivity (Wildman–Crippen MR) is 69.0 cm³/mol. The van der Waals surface area contributed by atoms with Crippen molar-refractivity contribution in [3.8, 4) is 0 Å². The molecular formula is C13H15N3O. The molecule has 1 unspecified atom stereocenters.